The highest BCUT2D eigenvalue weighted by Gasteiger charge is 2.12. The van der Waals surface area contributed by atoms with Gasteiger partial charge >= 0.3 is 5.97 Å². The van der Waals surface area contributed by atoms with Crippen molar-refractivity contribution in [2.75, 3.05) is 7.11 Å². The predicted octanol–water partition coefficient (Wildman–Crippen LogP) is 2.96. The summed E-state index contributed by atoms with van der Waals surface area (Å²) in [6.45, 7) is 0.0781. The van der Waals surface area contributed by atoms with Crippen molar-refractivity contribution >= 4 is 11.7 Å². The molecule has 21 heavy (non-hydrogen) atoms. The molecule has 0 saturated heterocycles. The molecular weight excluding hydrogens is 274 g/mol. The van der Waals surface area contributed by atoms with Gasteiger partial charge in [0.2, 0.25) is 0 Å². The number of nitro benzene ring substituents is 1. The second-order valence-electron chi connectivity index (χ2n) is 4.19. The molecule has 0 heterocycles. The van der Waals surface area contributed by atoms with Crippen LogP contribution in [0.5, 0.6) is 5.75 Å². The van der Waals surface area contributed by atoms with E-state index < -0.39 is 10.9 Å². The van der Waals surface area contributed by atoms with Crippen LogP contribution in [0.1, 0.15) is 15.9 Å². The number of hydrogen-bond acceptors (Lipinski definition) is 5. The fraction of sp³-hybridized carbons (Fsp3) is 0.133. The molecule has 0 spiro atoms. The van der Waals surface area contributed by atoms with Crippen LogP contribution in [0.4, 0.5) is 5.69 Å². The summed E-state index contributed by atoms with van der Waals surface area (Å²) in [6, 6.07) is 12.8. The van der Waals surface area contributed by atoms with E-state index in [9.17, 15) is 14.9 Å². The van der Waals surface area contributed by atoms with Crippen molar-refractivity contribution in [2.24, 2.45) is 0 Å². The summed E-state index contributed by atoms with van der Waals surface area (Å²) in [4.78, 5) is 21.7. The van der Waals surface area contributed by atoms with Crippen LogP contribution in [-0.2, 0) is 11.3 Å². The molecule has 0 saturated carbocycles. The minimum atomic E-state index is -0.445. The summed E-state index contributed by atoms with van der Waals surface area (Å²) in [6.07, 6.45) is 0. The molecule has 0 fully saturated rings. The quantitative estimate of drug-likeness (QED) is 0.480. The highest BCUT2D eigenvalue weighted by atomic mass is 16.6. The maximum absolute atomic E-state index is 11.3. The summed E-state index contributed by atoms with van der Waals surface area (Å²) >= 11 is 0. The summed E-state index contributed by atoms with van der Waals surface area (Å²) in [7, 11) is 1.31. The van der Waals surface area contributed by atoms with Crippen LogP contribution in [0.2, 0.25) is 0 Å². The fourth-order valence-corrected chi connectivity index (χ4v) is 1.78. The molecule has 0 aliphatic heterocycles. The molecule has 0 bridgehead atoms. The van der Waals surface area contributed by atoms with E-state index in [2.05, 4.69) is 4.74 Å². The first-order chi connectivity index (χ1) is 10.1. The third kappa shape index (κ3) is 3.56. The largest absolute Gasteiger partial charge is 0.489 e. The lowest BCUT2D eigenvalue weighted by atomic mass is 10.2. The second kappa shape index (κ2) is 6.51. The van der Waals surface area contributed by atoms with Crippen molar-refractivity contribution in [2.45, 2.75) is 6.61 Å². The number of carbonyl (C=O) groups excluding carboxylic acids is 1. The minimum absolute atomic E-state index is 0.0173. The van der Waals surface area contributed by atoms with Crippen LogP contribution >= 0.6 is 0 Å². The molecule has 0 radical (unpaired) electrons. The van der Waals surface area contributed by atoms with Gasteiger partial charge in [0.15, 0.2) is 0 Å². The molecule has 0 amide bonds. The number of nitro groups is 1. The fourth-order valence-electron chi connectivity index (χ4n) is 1.78. The van der Waals surface area contributed by atoms with Gasteiger partial charge in [0.25, 0.3) is 5.69 Å². The van der Waals surface area contributed by atoms with Crippen molar-refractivity contribution in [3.63, 3.8) is 0 Å². The van der Waals surface area contributed by atoms with Gasteiger partial charge in [-0.1, -0.05) is 12.1 Å². The van der Waals surface area contributed by atoms with Crippen molar-refractivity contribution < 1.29 is 19.2 Å². The molecule has 6 heteroatoms. The Labute approximate surface area is 121 Å². The molecule has 0 aromatic heterocycles. The molecule has 6 nitrogen and oxygen atoms in total. The average molecular weight is 287 g/mol. The molecule has 0 unspecified atom stereocenters. The number of ether oxygens (including phenoxy) is 2. The van der Waals surface area contributed by atoms with E-state index in [1.807, 2.05) is 0 Å². The summed E-state index contributed by atoms with van der Waals surface area (Å²) in [5, 5.41) is 10.9. The average Bonchev–Trinajstić information content (AvgIpc) is 2.52. The SMILES string of the molecule is COC(=O)c1ccc(OCc2ccccc2[N+](=O)[O-])cc1. The maximum atomic E-state index is 11.3. The van der Waals surface area contributed by atoms with E-state index in [0.29, 0.717) is 16.9 Å². The summed E-state index contributed by atoms with van der Waals surface area (Å²) < 4.78 is 10.1. The Morgan fingerprint density at radius 3 is 2.43 bits per heavy atom. The molecular formula is C15H13NO5. The van der Waals surface area contributed by atoms with E-state index >= 15 is 0 Å². The lowest BCUT2D eigenvalue weighted by Crippen LogP contribution is -2.02. The molecule has 0 aliphatic rings. The van der Waals surface area contributed by atoms with Crippen molar-refractivity contribution in [3.8, 4) is 5.75 Å². The predicted molar refractivity (Wildman–Crippen MR) is 75.2 cm³/mol. The highest BCUT2D eigenvalue weighted by Crippen LogP contribution is 2.20. The van der Waals surface area contributed by atoms with Crippen LogP contribution in [-0.4, -0.2) is 18.0 Å². The molecule has 2 rings (SSSR count). The molecule has 0 N–H and O–H groups in total. The van der Waals surface area contributed by atoms with Gasteiger partial charge in [-0.3, -0.25) is 10.1 Å². The van der Waals surface area contributed by atoms with Gasteiger partial charge in [0, 0.05) is 6.07 Å². The van der Waals surface area contributed by atoms with Gasteiger partial charge in [-0.25, -0.2) is 4.79 Å². The highest BCUT2D eigenvalue weighted by molar-refractivity contribution is 5.89. The number of methoxy groups -OCH3 is 1. The van der Waals surface area contributed by atoms with Gasteiger partial charge in [-0.2, -0.15) is 0 Å². The molecule has 2 aromatic rings. The van der Waals surface area contributed by atoms with Crippen LogP contribution < -0.4 is 4.74 Å². The third-order valence-electron chi connectivity index (χ3n) is 2.86. The zero-order valence-electron chi connectivity index (χ0n) is 11.3. The van der Waals surface area contributed by atoms with E-state index in [-0.39, 0.29) is 12.3 Å². The number of nitrogens with zero attached hydrogens (tertiary/aromatic N) is 1. The van der Waals surface area contributed by atoms with Crippen LogP contribution in [0, 0.1) is 10.1 Å². The molecule has 2 aromatic carbocycles. The first kappa shape index (κ1) is 14.5. The Hall–Kier alpha value is -2.89. The van der Waals surface area contributed by atoms with Gasteiger partial charge in [-0.05, 0) is 30.3 Å². The number of rotatable bonds is 5. The Bertz CT molecular complexity index is 651. The van der Waals surface area contributed by atoms with Gasteiger partial charge in [-0.15, -0.1) is 0 Å². The molecule has 0 atom stereocenters. The Kier molecular flexibility index (Phi) is 4.50. The second-order valence-corrected chi connectivity index (χ2v) is 4.19. The van der Waals surface area contributed by atoms with Crippen molar-refractivity contribution in [1.82, 2.24) is 0 Å². The molecule has 0 aliphatic carbocycles. The standard InChI is InChI=1S/C15H13NO5/c1-20-15(17)11-6-8-13(9-7-11)21-10-12-4-2-3-5-14(12)16(18)19/h2-9H,10H2,1H3. The first-order valence-corrected chi connectivity index (χ1v) is 6.15. The summed E-state index contributed by atoms with van der Waals surface area (Å²) in [5.74, 6) is 0.0843. The van der Waals surface area contributed by atoms with Crippen LogP contribution in [0.25, 0.3) is 0 Å². The lowest BCUT2D eigenvalue weighted by Gasteiger charge is -2.07. The monoisotopic (exact) mass is 287 g/mol. The zero-order chi connectivity index (χ0) is 15.2. The number of hydrogen-bond donors (Lipinski definition) is 0. The number of benzene rings is 2. The Morgan fingerprint density at radius 2 is 1.81 bits per heavy atom. The van der Waals surface area contributed by atoms with E-state index in [1.165, 1.54) is 13.2 Å². The van der Waals surface area contributed by atoms with Gasteiger partial charge in [0.1, 0.15) is 12.4 Å². The maximum Gasteiger partial charge on any atom is 0.337 e. The van der Waals surface area contributed by atoms with E-state index in [0.717, 1.165) is 0 Å². The van der Waals surface area contributed by atoms with E-state index in [1.54, 1.807) is 42.5 Å². The Morgan fingerprint density at radius 1 is 1.14 bits per heavy atom. The van der Waals surface area contributed by atoms with Crippen LogP contribution in [0.15, 0.2) is 48.5 Å². The third-order valence-corrected chi connectivity index (χ3v) is 2.86. The van der Waals surface area contributed by atoms with E-state index in [4.69, 9.17) is 4.74 Å². The zero-order valence-corrected chi connectivity index (χ0v) is 11.3. The van der Waals surface area contributed by atoms with Gasteiger partial charge in [0.05, 0.1) is 23.2 Å². The smallest absolute Gasteiger partial charge is 0.337 e. The van der Waals surface area contributed by atoms with Crippen molar-refractivity contribution in [1.29, 1.82) is 0 Å². The number of para-hydroxylation sites is 1. The molecule has 108 valence electrons. The number of esters is 1. The van der Waals surface area contributed by atoms with Crippen molar-refractivity contribution in [3.05, 3.63) is 69.8 Å². The lowest BCUT2D eigenvalue weighted by molar-refractivity contribution is -0.385. The van der Waals surface area contributed by atoms with Gasteiger partial charge < -0.3 is 9.47 Å². The Balaban J connectivity index is 2.07. The first-order valence-electron chi connectivity index (χ1n) is 6.15. The summed E-state index contributed by atoms with van der Waals surface area (Å²) in [5.41, 5.74) is 0.916. The van der Waals surface area contributed by atoms with Crippen LogP contribution in [0.3, 0.4) is 0 Å². The minimum Gasteiger partial charge on any atom is -0.489 e. The number of carbonyl (C=O) groups is 1. The topological polar surface area (TPSA) is 78.7 Å². The normalized spacial score (nSPS) is 9.95.